The van der Waals surface area contributed by atoms with E-state index in [1.54, 1.807) is 30.3 Å². The van der Waals surface area contributed by atoms with Gasteiger partial charge in [-0.05, 0) is 60.5 Å². The summed E-state index contributed by atoms with van der Waals surface area (Å²) in [5, 5.41) is 8.23. The molecule has 0 aromatic heterocycles. The molecule has 0 aliphatic carbocycles. The molecule has 0 atom stereocenters. The quantitative estimate of drug-likeness (QED) is 0.509. The third kappa shape index (κ3) is 4.97. The molecular weight excluding hydrogens is 358 g/mol. The van der Waals surface area contributed by atoms with Crippen molar-refractivity contribution < 1.29 is 19.1 Å². The van der Waals surface area contributed by atoms with E-state index in [2.05, 4.69) is 22.5 Å². The Hall–Kier alpha value is -3.61. The Labute approximate surface area is 162 Å². The van der Waals surface area contributed by atoms with Crippen molar-refractivity contribution in [2.24, 2.45) is 0 Å². The van der Waals surface area contributed by atoms with Crippen LogP contribution in [0.5, 0.6) is 5.75 Å². The van der Waals surface area contributed by atoms with Gasteiger partial charge in [0.1, 0.15) is 12.4 Å². The molecule has 0 fully saturated rings. The van der Waals surface area contributed by atoms with Gasteiger partial charge in [-0.2, -0.15) is 0 Å². The summed E-state index contributed by atoms with van der Waals surface area (Å²) >= 11 is 0. The minimum Gasteiger partial charge on any atom is -0.492 e. The molecule has 3 amide bonds. The molecule has 3 N–H and O–H groups in total. The molecular formula is C21H21N3O4. The number of carbonyl (C=O) groups excluding carboxylic acids is 3. The summed E-state index contributed by atoms with van der Waals surface area (Å²) in [7, 11) is 0. The molecule has 0 saturated heterocycles. The third-order valence-electron chi connectivity index (χ3n) is 4.23. The first kappa shape index (κ1) is 19.2. The van der Waals surface area contributed by atoms with Gasteiger partial charge in [0, 0.05) is 23.4 Å². The number of hydrogen-bond acceptors (Lipinski definition) is 4. The smallest absolute Gasteiger partial charge is 0.251 e. The predicted molar refractivity (Wildman–Crippen MR) is 106 cm³/mol. The highest BCUT2D eigenvalue weighted by molar-refractivity contribution is 5.99. The molecule has 0 bridgehead atoms. The minimum absolute atomic E-state index is 0.0278. The largest absolute Gasteiger partial charge is 0.492 e. The highest BCUT2D eigenvalue weighted by atomic mass is 16.5. The summed E-state index contributed by atoms with van der Waals surface area (Å²) in [6.07, 6.45) is 2.35. The SMILES string of the molecule is C=CC(=O)Nc1ccc(C(=O)NCCOc2ccc3c(c2)CCC(=O)N3)cc1. The number of ether oxygens (including phenoxy) is 1. The van der Waals surface area contributed by atoms with Crippen LogP contribution in [0.1, 0.15) is 22.3 Å². The van der Waals surface area contributed by atoms with Crippen molar-refractivity contribution >= 4 is 29.1 Å². The summed E-state index contributed by atoms with van der Waals surface area (Å²) in [5.74, 6) is 0.198. The predicted octanol–water partition coefficient (Wildman–Crippen LogP) is 2.50. The van der Waals surface area contributed by atoms with Gasteiger partial charge in [-0.25, -0.2) is 0 Å². The number of amides is 3. The van der Waals surface area contributed by atoms with E-state index in [0.29, 0.717) is 43.0 Å². The Balaban J connectivity index is 1.45. The lowest BCUT2D eigenvalue weighted by Crippen LogP contribution is -2.28. The van der Waals surface area contributed by atoms with E-state index in [1.807, 2.05) is 12.1 Å². The van der Waals surface area contributed by atoms with Crippen molar-refractivity contribution in [3.8, 4) is 5.75 Å². The lowest BCUT2D eigenvalue weighted by Gasteiger charge is -2.17. The van der Waals surface area contributed by atoms with E-state index in [0.717, 1.165) is 11.3 Å². The number of benzene rings is 2. The van der Waals surface area contributed by atoms with Gasteiger partial charge < -0.3 is 20.7 Å². The summed E-state index contributed by atoms with van der Waals surface area (Å²) in [4.78, 5) is 34.8. The molecule has 1 heterocycles. The van der Waals surface area contributed by atoms with E-state index in [4.69, 9.17) is 4.74 Å². The summed E-state index contributed by atoms with van der Waals surface area (Å²) in [5.41, 5.74) is 2.95. The highest BCUT2D eigenvalue weighted by Gasteiger charge is 2.15. The van der Waals surface area contributed by atoms with Gasteiger partial charge in [-0.3, -0.25) is 14.4 Å². The van der Waals surface area contributed by atoms with E-state index in [-0.39, 0.29) is 17.7 Å². The number of fused-ring (bicyclic) bond motifs is 1. The zero-order valence-corrected chi connectivity index (χ0v) is 15.3. The maximum atomic E-state index is 12.2. The third-order valence-corrected chi connectivity index (χ3v) is 4.23. The molecule has 144 valence electrons. The molecule has 28 heavy (non-hydrogen) atoms. The number of rotatable bonds is 7. The molecule has 7 heteroatoms. The van der Waals surface area contributed by atoms with Crippen LogP contribution in [0.15, 0.2) is 55.1 Å². The fourth-order valence-electron chi connectivity index (χ4n) is 2.78. The monoisotopic (exact) mass is 379 g/mol. The summed E-state index contributed by atoms with van der Waals surface area (Å²) in [6.45, 7) is 4.06. The minimum atomic E-state index is -0.307. The average Bonchev–Trinajstić information content (AvgIpc) is 2.71. The van der Waals surface area contributed by atoms with Gasteiger partial charge in [0.05, 0.1) is 6.54 Å². The van der Waals surface area contributed by atoms with Crippen molar-refractivity contribution in [1.82, 2.24) is 5.32 Å². The Kier molecular flexibility index (Phi) is 6.06. The van der Waals surface area contributed by atoms with Crippen LogP contribution >= 0.6 is 0 Å². The Bertz CT molecular complexity index is 906. The lowest BCUT2D eigenvalue weighted by atomic mass is 10.0. The topological polar surface area (TPSA) is 96.5 Å². The fourth-order valence-corrected chi connectivity index (χ4v) is 2.78. The molecule has 0 saturated carbocycles. The van der Waals surface area contributed by atoms with Gasteiger partial charge in [-0.1, -0.05) is 6.58 Å². The first-order chi connectivity index (χ1) is 13.5. The van der Waals surface area contributed by atoms with Gasteiger partial charge in [-0.15, -0.1) is 0 Å². The van der Waals surface area contributed by atoms with Crippen LogP contribution in [-0.4, -0.2) is 30.9 Å². The Morgan fingerprint density at radius 3 is 2.68 bits per heavy atom. The average molecular weight is 379 g/mol. The maximum Gasteiger partial charge on any atom is 0.251 e. The van der Waals surface area contributed by atoms with Crippen LogP contribution in [0.25, 0.3) is 0 Å². The van der Waals surface area contributed by atoms with Gasteiger partial charge in [0.15, 0.2) is 0 Å². The van der Waals surface area contributed by atoms with Crippen LogP contribution in [-0.2, 0) is 16.0 Å². The van der Waals surface area contributed by atoms with Crippen molar-refractivity contribution in [3.05, 3.63) is 66.2 Å². The number of carbonyl (C=O) groups is 3. The summed E-state index contributed by atoms with van der Waals surface area (Å²) < 4.78 is 5.68. The van der Waals surface area contributed by atoms with Crippen molar-refractivity contribution in [2.75, 3.05) is 23.8 Å². The van der Waals surface area contributed by atoms with E-state index < -0.39 is 0 Å². The van der Waals surface area contributed by atoms with Crippen molar-refractivity contribution in [2.45, 2.75) is 12.8 Å². The van der Waals surface area contributed by atoms with Crippen LogP contribution in [0.4, 0.5) is 11.4 Å². The zero-order chi connectivity index (χ0) is 19.9. The second-order valence-corrected chi connectivity index (χ2v) is 6.24. The number of hydrogen-bond donors (Lipinski definition) is 3. The molecule has 0 radical (unpaired) electrons. The van der Waals surface area contributed by atoms with Crippen LogP contribution < -0.4 is 20.7 Å². The number of nitrogens with one attached hydrogen (secondary N) is 3. The molecule has 1 aliphatic rings. The number of anilines is 2. The molecule has 2 aromatic carbocycles. The lowest BCUT2D eigenvalue weighted by molar-refractivity contribution is -0.116. The van der Waals surface area contributed by atoms with Crippen LogP contribution in [0, 0.1) is 0 Å². The Morgan fingerprint density at radius 2 is 1.93 bits per heavy atom. The fraction of sp³-hybridized carbons (Fsp3) is 0.190. The number of aryl methyl sites for hydroxylation is 1. The van der Waals surface area contributed by atoms with Gasteiger partial charge in [0.2, 0.25) is 11.8 Å². The van der Waals surface area contributed by atoms with E-state index in [1.165, 1.54) is 6.08 Å². The molecule has 0 spiro atoms. The first-order valence-corrected chi connectivity index (χ1v) is 8.92. The molecule has 0 unspecified atom stereocenters. The normalized spacial score (nSPS) is 12.4. The van der Waals surface area contributed by atoms with Crippen molar-refractivity contribution in [3.63, 3.8) is 0 Å². The van der Waals surface area contributed by atoms with Gasteiger partial charge in [0.25, 0.3) is 5.91 Å². The Morgan fingerprint density at radius 1 is 1.14 bits per heavy atom. The second-order valence-electron chi connectivity index (χ2n) is 6.24. The van der Waals surface area contributed by atoms with Crippen molar-refractivity contribution in [1.29, 1.82) is 0 Å². The van der Waals surface area contributed by atoms with E-state index in [9.17, 15) is 14.4 Å². The molecule has 1 aliphatic heterocycles. The molecule has 3 rings (SSSR count). The van der Waals surface area contributed by atoms with Crippen LogP contribution in [0.3, 0.4) is 0 Å². The van der Waals surface area contributed by atoms with Crippen LogP contribution in [0.2, 0.25) is 0 Å². The highest BCUT2D eigenvalue weighted by Crippen LogP contribution is 2.26. The summed E-state index contributed by atoms with van der Waals surface area (Å²) in [6, 6.07) is 12.1. The first-order valence-electron chi connectivity index (χ1n) is 8.92. The zero-order valence-electron chi connectivity index (χ0n) is 15.3. The standard InChI is InChI=1S/C21H21N3O4/c1-2-19(25)23-16-6-3-14(4-7-16)21(27)22-11-12-28-17-8-9-18-15(13-17)5-10-20(26)24-18/h2-4,6-9,13H,1,5,10-12H2,(H,22,27)(H,23,25)(H,24,26). The maximum absolute atomic E-state index is 12.2. The van der Waals surface area contributed by atoms with E-state index >= 15 is 0 Å². The second kappa shape index (κ2) is 8.85. The molecule has 7 nitrogen and oxygen atoms in total. The van der Waals surface area contributed by atoms with Gasteiger partial charge >= 0.3 is 0 Å². The molecule has 2 aromatic rings.